The van der Waals surface area contributed by atoms with Gasteiger partial charge in [-0.05, 0) is 42.2 Å². The predicted octanol–water partition coefficient (Wildman–Crippen LogP) is 4.12. The minimum absolute atomic E-state index is 0.0593. The zero-order valence-corrected chi connectivity index (χ0v) is 15.8. The summed E-state index contributed by atoms with van der Waals surface area (Å²) < 4.78 is 0. The molecule has 1 aliphatic carbocycles. The second-order valence-corrected chi connectivity index (χ2v) is 7.26. The number of carbonyl (C=O) groups excluding carboxylic acids is 1. The number of nitrogen functional groups attached to an aromatic ring is 1. The highest BCUT2D eigenvalue weighted by atomic mass is 16.2. The number of rotatable bonds is 5. The third-order valence-electron chi connectivity index (χ3n) is 5.49. The van der Waals surface area contributed by atoms with Gasteiger partial charge in [-0.2, -0.15) is 5.10 Å². The Labute approximate surface area is 165 Å². The Morgan fingerprint density at radius 2 is 1.57 bits per heavy atom. The minimum atomic E-state index is -0.285. The van der Waals surface area contributed by atoms with Crippen molar-refractivity contribution in [1.29, 1.82) is 0 Å². The number of amides is 1. The molecule has 140 valence electrons. The van der Waals surface area contributed by atoms with Gasteiger partial charge < -0.3 is 5.73 Å². The molecule has 1 aliphatic rings. The Morgan fingerprint density at radius 3 is 2.14 bits per heavy atom. The van der Waals surface area contributed by atoms with E-state index in [1.807, 2.05) is 67.6 Å². The van der Waals surface area contributed by atoms with Crippen molar-refractivity contribution in [3.05, 3.63) is 102 Å². The number of hydrogen-bond acceptors (Lipinski definition) is 3. The van der Waals surface area contributed by atoms with Crippen molar-refractivity contribution in [1.82, 2.24) is 5.43 Å². The summed E-state index contributed by atoms with van der Waals surface area (Å²) in [4.78, 5) is 12.9. The molecule has 4 rings (SSSR count). The summed E-state index contributed by atoms with van der Waals surface area (Å²) in [7, 11) is 0. The van der Waals surface area contributed by atoms with Crippen LogP contribution in [0.3, 0.4) is 0 Å². The van der Waals surface area contributed by atoms with Crippen LogP contribution in [-0.2, 0) is 10.2 Å². The molecule has 0 aliphatic heterocycles. The molecule has 3 N–H and O–H groups in total. The van der Waals surface area contributed by atoms with Crippen molar-refractivity contribution < 1.29 is 4.79 Å². The number of hydrogen-bond donors (Lipinski definition) is 2. The fourth-order valence-electron chi connectivity index (χ4n) is 3.90. The summed E-state index contributed by atoms with van der Waals surface area (Å²) in [6.45, 7) is 1.86. The number of benzene rings is 3. The van der Waals surface area contributed by atoms with E-state index in [4.69, 9.17) is 5.73 Å². The molecule has 4 nitrogen and oxygen atoms in total. The number of nitrogens with two attached hydrogens (primary N) is 1. The van der Waals surface area contributed by atoms with E-state index >= 15 is 0 Å². The Hall–Kier alpha value is -3.40. The fraction of sp³-hybridized carbons (Fsp3) is 0.167. The number of nitrogens with one attached hydrogen (secondary N) is 1. The Balaban J connectivity index is 1.57. The van der Waals surface area contributed by atoms with Crippen LogP contribution in [0.25, 0.3) is 0 Å². The summed E-state index contributed by atoms with van der Waals surface area (Å²) in [5, 5.41) is 4.31. The molecular weight excluding hydrogens is 346 g/mol. The maximum Gasteiger partial charge on any atom is 0.244 e. The van der Waals surface area contributed by atoms with E-state index in [9.17, 15) is 4.79 Å². The fourth-order valence-corrected chi connectivity index (χ4v) is 3.90. The molecule has 0 spiro atoms. The summed E-state index contributed by atoms with van der Waals surface area (Å²) in [6.07, 6.45) is 0.777. The molecule has 28 heavy (non-hydrogen) atoms. The van der Waals surface area contributed by atoms with Crippen molar-refractivity contribution in [3.8, 4) is 0 Å². The Morgan fingerprint density at radius 1 is 0.964 bits per heavy atom. The van der Waals surface area contributed by atoms with E-state index < -0.39 is 0 Å². The molecule has 1 fully saturated rings. The average Bonchev–Trinajstić information content (AvgIpc) is 3.50. The van der Waals surface area contributed by atoms with Crippen LogP contribution >= 0.6 is 0 Å². The highest BCUT2D eigenvalue weighted by Gasteiger charge is 2.60. The smallest absolute Gasteiger partial charge is 0.244 e. The summed E-state index contributed by atoms with van der Waals surface area (Å²) in [5.74, 6) is -0.203. The average molecular weight is 369 g/mol. The number of hydrazone groups is 1. The number of carbonyl (C=O) groups is 1. The standard InChI is InChI=1S/C24H23N3O/c1-17(18-9-8-14-21(25)15-18)26-27-23(28)22-16-24(22,19-10-4-2-5-11-19)20-12-6-3-7-13-20/h2-15,22H,16,25H2,1H3,(H,27,28)/b26-17-/t22-/m0/s1. The second kappa shape index (κ2) is 7.31. The third kappa shape index (κ3) is 3.29. The van der Waals surface area contributed by atoms with Crippen LogP contribution < -0.4 is 11.2 Å². The van der Waals surface area contributed by atoms with Crippen LogP contribution in [0.2, 0.25) is 0 Å². The maximum atomic E-state index is 12.9. The minimum Gasteiger partial charge on any atom is -0.399 e. The molecule has 4 heteroatoms. The van der Waals surface area contributed by atoms with Gasteiger partial charge in [0.1, 0.15) is 0 Å². The van der Waals surface area contributed by atoms with Gasteiger partial charge in [0.2, 0.25) is 5.91 Å². The van der Waals surface area contributed by atoms with E-state index in [0.29, 0.717) is 5.69 Å². The first kappa shape index (κ1) is 18.0. The SMILES string of the molecule is C/C(=N/NC(=O)[C@@H]1CC1(c1ccccc1)c1ccccc1)c1cccc(N)c1. The molecule has 3 aromatic rings. The van der Waals surface area contributed by atoms with Crippen LogP contribution in [0.1, 0.15) is 30.0 Å². The summed E-state index contributed by atoms with van der Waals surface area (Å²) in [5.41, 5.74) is 12.9. The van der Waals surface area contributed by atoms with Crippen molar-refractivity contribution in [2.45, 2.75) is 18.8 Å². The quantitative estimate of drug-likeness (QED) is 0.404. The van der Waals surface area contributed by atoms with E-state index in [1.165, 1.54) is 0 Å². The van der Waals surface area contributed by atoms with Gasteiger partial charge in [-0.25, -0.2) is 5.43 Å². The molecule has 3 aromatic carbocycles. The van der Waals surface area contributed by atoms with Crippen molar-refractivity contribution >= 4 is 17.3 Å². The van der Waals surface area contributed by atoms with Crippen LogP contribution in [0.5, 0.6) is 0 Å². The van der Waals surface area contributed by atoms with Gasteiger partial charge in [0.05, 0.1) is 11.6 Å². The molecule has 0 radical (unpaired) electrons. The molecule has 0 saturated heterocycles. The van der Waals surface area contributed by atoms with Gasteiger partial charge in [-0.15, -0.1) is 0 Å². The van der Waals surface area contributed by atoms with Gasteiger partial charge in [0, 0.05) is 11.1 Å². The van der Waals surface area contributed by atoms with Crippen LogP contribution in [0, 0.1) is 5.92 Å². The summed E-state index contributed by atoms with van der Waals surface area (Å²) >= 11 is 0. The molecule has 0 heterocycles. The predicted molar refractivity (Wildman–Crippen MR) is 113 cm³/mol. The number of nitrogens with zero attached hydrogens (tertiary/aromatic N) is 1. The second-order valence-electron chi connectivity index (χ2n) is 7.26. The normalized spacial score (nSPS) is 17.8. The van der Waals surface area contributed by atoms with Gasteiger partial charge in [0.25, 0.3) is 0 Å². The van der Waals surface area contributed by atoms with E-state index in [2.05, 4.69) is 34.8 Å². The first-order valence-corrected chi connectivity index (χ1v) is 9.42. The summed E-state index contributed by atoms with van der Waals surface area (Å²) in [6, 6.07) is 28.0. The molecule has 0 aromatic heterocycles. The maximum absolute atomic E-state index is 12.9. The first-order chi connectivity index (χ1) is 13.6. The topological polar surface area (TPSA) is 67.5 Å². The van der Waals surface area contributed by atoms with Crippen LogP contribution in [-0.4, -0.2) is 11.6 Å². The molecule has 1 amide bonds. The van der Waals surface area contributed by atoms with Gasteiger partial charge in [-0.3, -0.25) is 4.79 Å². The van der Waals surface area contributed by atoms with E-state index in [-0.39, 0.29) is 17.2 Å². The third-order valence-corrected chi connectivity index (χ3v) is 5.49. The molecule has 1 saturated carbocycles. The van der Waals surface area contributed by atoms with Crippen LogP contribution in [0.15, 0.2) is 90.0 Å². The lowest BCUT2D eigenvalue weighted by atomic mass is 9.85. The number of anilines is 1. The zero-order chi connectivity index (χ0) is 19.6. The lowest BCUT2D eigenvalue weighted by Gasteiger charge is -2.18. The van der Waals surface area contributed by atoms with Crippen molar-refractivity contribution in [2.75, 3.05) is 5.73 Å². The molecular formula is C24H23N3O. The lowest BCUT2D eigenvalue weighted by Crippen LogP contribution is -2.26. The first-order valence-electron chi connectivity index (χ1n) is 9.42. The monoisotopic (exact) mass is 369 g/mol. The Bertz CT molecular complexity index is 973. The van der Waals surface area contributed by atoms with Crippen molar-refractivity contribution in [3.63, 3.8) is 0 Å². The van der Waals surface area contributed by atoms with E-state index in [1.54, 1.807) is 0 Å². The van der Waals surface area contributed by atoms with E-state index in [0.717, 1.165) is 28.8 Å². The molecule has 1 atom stereocenters. The van der Waals surface area contributed by atoms with Crippen molar-refractivity contribution in [2.24, 2.45) is 11.0 Å². The molecule has 0 unspecified atom stereocenters. The van der Waals surface area contributed by atoms with Gasteiger partial charge in [-0.1, -0.05) is 72.8 Å². The van der Waals surface area contributed by atoms with Gasteiger partial charge in [0.15, 0.2) is 0 Å². The zero-order valence-electron chi connectivity index (χ0n) is 15.8. The van der Waals surface area contributed by atoms with Crippen LogP contribution in [0.4, 0.5) is 5.69 Å². The lowest BCUT2D eigenvalue weighted by molar-refractivity contribution is -0.122. The largest absolute Gasteiger partial charge is 0.399 e. The molecule has 0 bridgehead atoms. The highest BCUT2D eigenvalue weighted by molar-refractivity contribution is 6.00. The highest BCUT2D eigenvalue weighted by Crippen LogP contribution is 2.58. The Kier molecular flexibility index (Phi) is 4.70. The van der Waals surface area contributed by atoms with Gasteiger partial charge >= 0.3 is 0 Å².